The van der Waals surface area contributed by atoms with Gasteiger partial charge in [0.05, 0.1) is 0 Å². The monoisotopic (exact) mass is 268 g/mol. The fourth-order valence-corrected chi connectivity index (χ4v) is 2.69. The van der Waals surface area contributed by atoms with Crippen molar-refractivity contribution in [2.24, 2.45) is 11.7 Å². The van der Waals surface area contributed by atoms with Crippen LogP contribution < -0.4 is 5.73 Å². The number of nitrogens with zero attached hydrogens (tertiary/aromatic N) is 1. The number of nitrogens with two attached hydrogens (primary N) is 1. The first-order chi connectivity index (χ1) is 8.52. The van der Waals surface area contributed by atoms with Crippen LogP contribution in [-0.2, 0) is 0 Å². The van der Waals surface area contributed by atoms with Gasteiger partial charge in [-0.2, -0.15) is 0 Å². The van der Waals surface area contributed by atoms with Gasteiger partial charge in [-0.3, -0.25) is 4.90 Å². The van der Waals surface area contributed by atoms with Gasteiger partial charge < -0.3 is 5.73 Å². The number of hydrogen-bond acceptors (Lipinski definition) is 2. The van der Waals surface area contributed by atoms with Crippen molar-refractivity contribution in [1.82, 2.24) is 4.90 Å². The van der Waals surface area contributed by atoms with Crippen LogP contribution in [0.15, 0.2) is 24.3 Å². The summed E-state index contributed by atoms with van der Waals surface area (Å²) in [6.45, 7) is 7.33. The number of likely N-dealkylation sites (N-methyl/N-ethyl adjacent to an activating group) is 1. The molecular weight excluding hydrogens is 244 g/mol. The maximum atomic E-state index is 6.27. The molecule has 0 spiro atoms. The summed E-state index contributed by atoms with van der Waals surface area (Å²) in [4.78, 5) is 2.34. The topological polar surface area (TPSA) is 29.3 Å². The number of benzene rings is 1. The third-order valence-corrected chi connectivity index (χ3v) is 4.38. The van der Waals surface area contributed by atoms with Gasteiger partial charge in [-0.25, -0.2) is 0 Å². The third kappa shape index (κ3) is 3.47. The quantitative estimate of drug-likeness (QED) is 0.852. The van der Waals surface area contributed by atoms with E-state index in [2.05, 4.69) is 38.8 Å². The van der Waals surface area contributed by atoms with Crippen LogP contribution in [0.3, 0.4) is 0 Å². The molecular formula is C15H25ClN2. The summed E-state index contributed by atoms with van der Waals surface area (Å²) in [5, 5.41) is 0.830. The van der Waals surface area contributed by atoms with E-state index >= 15 is 0 Å². The van der Waals surface area contributed by atoms with Crippen LogP contribution in [0.2, 0.25) is 5.02 Å². The minimum atomic E-state index is 0.279. The Morgan fingerprint density at radius 3 is 2.39 bits per heavy atom. The summed E-state index contributed by atoms with van der Waals surface area (Å²) in [6.07, 6.45) is 1.14. The fraction of sp³-hybridized carbons (Fsp3) is 0.600. The van der Waals surface area contributed by atoms with Gasteiger partial charge >= 0.3 is 0 Å². The van der Waals surface area contributed by atoms with Crippen LogP contribution in [0.1, 0.15) is 38.8 Å². The van der Waals surface area contributed by atoms with Gasteiger partial charge in [-0.1, -0.05) is 50.1 Å². The van der Waals surface area contributed by atoms with Gasteiger partial charge in [0.2, 0.25) is 0 Å². The zero-order chi connectivity index (χ0) is 13.7. The van der Waals surface area contributed by atoms with Crippen LogP contribution in [-0.4, -0.2) is 24.5 Å². The fourth-order valence-electron chi connectivity index (χ4n) is 2.39. The summed E-state index contributed by atoms with van der Waals surface area (Å²) in [7, 11) is 2.14. The predicted molar refractivity (Wildman–Crippen MR) is 79.9 cm³/mol. The molecule has 0 amide bonds. The van der Waals surface area contributed by atoms with E-state index in [1.165, 1.54) is 5.56 Å². The molecule has 0 saturated heterocycles. The molecule has 2 nitrogen and oxygen atoms in total. The Morgan fingerprint density at radius 1 is 1.28 bits per heavy atom. The number of halogens is 1. The van der Waals surface area contributed by atoms with E-state index in [1.54, 1.807) is 0 Å². The molecule has 0 aliphatic carbocycles. The lowest BCUT2D eigenvalue weighted by Crippen LogP contribution is -2.43. The Morgan fingerprint density at radius 2 is 1.89 bits per heavy atom. The maximum absolute atomic E-state index is 6.27. The SMILES string of the molecule is CCC(C)C(CN)N(C)C(C)c1ccccc1Cl. The zero-order valence-corrected chi connectivity index (χ0v) is 12.6. The van der Waals surface area contributed by atoms with Gasteiger partial charge in [0.25, 0.3) is 0 Å². The third-order valence-electron chi connectivity index (χ3n) is 4.03. The lowest BCUT2D eigenvalue weighted by atomic mass is 9.95. The standard InChI is InChI=1S/C15H25ClN2/c1-5-11(2)15(10-17)18(4)12(3)13-8-6-7-9-14(13)16/h6-9,11-12,15H,5,10,17H2,1-4H3. The average Bonchev–Trinajstić information content (AvgIpc) is 2.38. The highest BCUT2D eigenvalue weighted by atomic mass is 35.5. The summed E-state index contributed by atoms with van der Waals surface area (Å²) in [5.41, 5.74) is 7.10. The highest BCUT2D eigenvalue weighted by Crippen LogP contribution is 2.29. The smallest absolute Gasteiger partial charge is 0.0453 e. The predicted octanol–water partition coefficient (Wildman–Crippen LogP) is 3.71. The van der Waals surface area contributed by atoms with Crippen molar-refractivity contribution >= 4 is 11.6 Å². The van der Waals surface area contributed by atoms with E-state index in [0.29, 0.717) is 18.5 Å². The molecule has 18 heavy (non-hydrogen) atoms. The molecule has 0 aromatic heterocycles. The summed E-state index contributed by atoms with van der Waals surface area (Å²) in [6, 6.07) is 8.71. The van der Waals surface area contributed by atoms with Crippen molar-refractivity contribution in [2.75, 3.05) is 13.6 Å². The number of hydrogen-bond donors (Lipinski definition) is 1. The Kier molecular flexibility index (Phi) is 6.13. The van der Waals surface area contributed by atoms with Crippen LogP contribution >= 0.6 is 11.6 Å². The minimum Gasteiger partial charge on any atom is -0.329 e. The molecule has 0 radical (unpaired) electrons. The summed E-state index contributed by atoms with van der Waals surface area (Å²) < 4.78 is 0. The van der Waals surface area contributed by atoms with E-state index in [-0.39, 0.29) is 6.04 Å². The molecule has 0 saturated carbocycles. The molecule has 0 fully saturated rings. The molecule has 1 rings (SSSR count). The molecule has 3 heteroatoms. The van der Waals surface area contributed by atoms with Crippen LogP contribution in [0.25, 0.3) is 0 Å². The van der Waals surface area contributed by atoms with Crippen LogP contribution in [0.4, 0.5) is 0 Å². The van der Waals surface area contributed by atoms with E-state index in [0.717, 1.165) is 11.4 Å². The Hall–Kier alpha value is -0.570. The molecule has 102 valence electrons. The lowest BCUT2D eigenvalue weighted by Gasteiger charge is -2.36. The van der Waals surface area contributed by atoms with Crippen molar-refractivity contribution in [3.05, 3.63) is 34.9 Å². The minimum absolute atomic E-state index is 0.279. The van der Waals surface area contributed by atoms with Gasteiger partial charge in [-0.05, 0) is 31.5 Å². The van der Waals surface area contributed by atoms with Crippen molar-refractivity contribution in [1.29, 1.82) is 0 Å². The molecule has 3 unspecified atom stereocenters. The highest BCUT2D eigenvalue weighted by molar-refractivity contribution is 6.31. The molecule has 0 heterocycles. The van der Waals surface area contributed by atoms with Crippen LogP contribution in [0, 0.1) is 5.92 Å². The largest absolute Gasteiger partial charge is 0.329 e. The van der Waals surface area contributed by atoms with Crippen molar-refractivity contribution < 1.29 is 0 Å². The second-order valence-electron chi connectivity index (χ2n) is 5.05. The Balaban J connectivity index is 2.89. The normalized spacial score (nSPS) is 16.6. The van der Waals surface area contributed by atoms with Crippen molar-refractivity contribution in [3.8, 4) is 0 Å². The first kappa shape index (κ1) is 15.5. The Bertz CT molecular complexity index is 367. The molecule has 0 bridgehead atoms. The zero-order valence-electron chi connectivity index (χ0n) is 11.9. The van der Waals surface area contributed by atoms with E-state index in [9.17, 15) is 0 Å². The first-order valence-electron chi connectivity index (χ1n) is 6.69. The maximum Gasteiger partial charge on any atom is 0.0453 e. The molecule has 1 aromatic carbocycles. The second kappa shape index (κ2) is 7.13. The van der Waals surface area contributed by atoms with E-state index in [1.807, 2.05) is 18.2 Å². The van der Waals surface area contributed by atoms with E-state index < -0.39 is 0 Å². The van der Waals surface area contributed by atoms with Gasteiger partial charge in [0, 0.05) is 23.7 Å². The highest BCUT2D eigenvalue weighted by Gasteiger charge is 2.24. The summed E-state index contributed by atoms with van der Waals surface area (Å²) in [5.74, 6) is 0.588. The molecule has 0 aliphatic rings. The second-order valence-corrected chi connectivity index (χ2v) is 5.46. The van der Waals surface area contributed by atoms with Crippen LogP contribution in [0.5, 0.6) is 0 Å². The van der Waals surface area contributed by atoms with Gasteiger partial charge in [0.1, 0.15) is 0 Å². The summed E-state index contributed by atoms with van der Waals surface area (Å²) >= 11 is 6.27. The average molecular weight is 269 g/mol. The van der Waals surface area contributed by atoms with Crippen molar-refractivity contribution in [3.63, 3.8) is 0 Å². The first-order valence-corrected chi connectivity index (χ1v) is 7.07. The molecule has 0 aliphatic heterocycles. The van der Waals surface area contributed by atoms with Gasteiger partial charge in [0.15, 0.2) is 0 Å². The molecule has 1 aromatic rings. The molecule has 2 N–H and O–H groups in total. The van der Waals surface area contributed by atoms with Crippen molar-refractivity contribution in [2.45, 2.75) is 39.3 Å². The van der Waals surface area contributed by atoms with Gasteiger partial charge in [-0.15, -0.1) is 0 Å². The Labute approximate surface area is 116 Å². The number of rotatable bonds is 6. The molecule has 3 atom stereocenters. The lowest BCUT2D eigenvalue weighted by molar-refractivity contribution is 0.141. The van der Waals surface area contributed by atoms with E-state index in [4.69, 9.17) is 17.3 Å².